The number of ether oxygens (including phenoxy) is 1. The average molecular weight is 412 g/mol. The molecule has 7 heteroatoms. The van der Waals surface area contributed by atoms with E-state index in [0.29, 0.717) is 12.6 Å². The number of nitrogens with two attached hydrogens (primary N) is 1. The highest BCUT2D eigenvalue weighted by Gasteiger charge is 2.25. The van der Waals surface area contributed by atoms with E-state index in [4.69, 9.17) is 15.5 Å². The molecule has 0 bridgehead atoms. The van der Waals surface area contributed by atoms with Crippen molar-refractivity contribution in [3.8, 4) is 17.0 Å². The fourth-order valence-corrected chi connectivity index (χ4v) is 4.20. The standard InChI is InChI=1S/C24H24N6O/c25-24-26-8-7-19(30-24)15-2-5-20-21(11-15)29-23(28-20)17-10-16-9-14(12-27-18-3-4-18)1-6-22(16)31-13-17/h1-2,5-9,11,17-18,27H,3-4,10,12-13H2,(H,28,29)(H2,25,26,30). The number of hydrogen-bond acceptors (Lipinski definition) is 6. The summed E-state index contributed by atoms with van der Waals surface area (Å²) in [5.74, 6) is 2.42. The monoisotopic (exact) mass is 412 g/mol. The highest BCUT2D eigenvalue weighted by Crippen LogP contribution is 2.33. The zero-order valence-electron chi connectivity index (χ0n) is 17.1. The molecule has 1 fully saturated rings. The van der Waals surface area contributed by atoms with Crippen LogP contribution in [0.1, 0.15) is 35.7 Å². The first-order chi connectivity index (χ1) is 15.2. The van der Waals surface area contributed by atoms with Crippen LogP contribution >= 0.6 is 0 Å². The van der Waals surface area contributed by atoms with Crippen molar-refractivity contribution < 1.29 is 4.74 Å². The zero-order valence-corrected chi connectivity index (χ0v) is 17.1. The van der Waals surface area contributed by atoms with E-state index in [1.165, 1.54) is 24.0 Å². The van der Waals surface area contributed by atoms with Crippen LogP contribution in [-0.2, 0) is 13.0 Å². The van der Waals surface area contributed by atoms with Crippen LogP contribution in [0.3, 0.4) is 0 Å². The Labute approximate surface area is 180 Å². The summed E-state index contributed by atoms with van der Waals surface area (Å²) in [5.41, 5.74) is 12.0. The van der Waals surface area contributed by atoms with E-state index in [9.17, 15) is 0 Å². The van der Waals surface area contributed by atoms with Gasteiger partial charge in [-0.05, 0) is 54.7 Å². The van der Waals surface area contributed by atoms with Gasteiger partial charge in [-0.2, -0.15) is 0 Å². The number of H-pyrrole nitrogens is 1. The molecule has 0 spiro atoms. The van der Waals surface area contributed by atoms with Crippen molar-refractivity contribution >= 4 is 17.0 Å². The molecule has 1 aliphatic carbocycles. The van der Waals surface area contributed by atoms with Gasteiger partial charge < -0.3 is 20.8 Å². The highest BCUT2D eigenvalue weighted by molar-refractivity contribution is 5.81. The van der Waals surface area contributed by atoms with Crippen LogP contribution in [0.25, 0.3) is 22.3 Å². The van der Waals surface area contributed by atoms with Gasteiger partial charge in [0.2, 0.25) is 5.95 Å². The lowest BCUT2D eigenvalue weighted by molar-refractivity contribution is 0.258. The first kappa shape index (κ1) is 18.3. The smallest absolute Gasteiger partial charge is 0.220 e. The van der Waals surface area contributed by atoms with E-state index < -0.39 is 0 Å². The summed E-state index contributed by atoms with van der Waals surface area (Å²) in [4.78, 5) is 16.6. The molecular formula is C24H24N6O. The summed E-state index contributed by atoms with van der Waals surface area (Å²) in [6, 6.07) is 15.2. The number of rotatable bonds is 5. The topological polar surface area (TPSA) is 102 Å². The van der Waals surface area contributed by atoms with Crippen molar-refractivity contribution in [3.05, 3.63) is 65.6 Å². The van der Waals surface area contributed by atoms with E-state index >= 15 is 0 Å². The van der Waals surface area contributed by atoms with Crippen LogP contribution in [0.4, 0.5) is 5.95 Å². The number of nitrogen functional groups attached to an aromatic ring is 1. The third kappa shape index (κ3) is 3.72. The Bertz CT molecular complexity index is 1260. The van der Waals surface area contributed by atoms with E-state index in [1.807, 2.05) is 18.2 Å². The maximum absolute atomic E-state index is 6.07. The maximum Gasteiger partial charge on any atom is 0.220 e. The number of nitrogens with zero attached hydrogens (tertiary/aromatic N) is 3. The van der Waals surface area contributed by atoms with Crippen molar-refractivity contribution in [2.24, 2.45) is 0 Å². The van der Waals surface area contributed by atoms with Gasteiger partial charge in [-0.3, -0.25) is 0 Å². The van der Waals surface area contributed by atoms with Crippen molar-refractivity contribution in [2.45, 2.75) is 37.8 Å². The van der Waals surface area contributed by atoms with E-state index in [2.05, 4.69) is 44.5 Å². The minimum Gasteiger partial charge on any atom is -0.493 e. The molecule has 4 N–H and O–H groups in total. The number of imidazole rings is 1. The van der Waals surface area contributed by atoms with Gasteiger partial charge in [-0.1, -0.05) is 18.2 Å². The van der Waals surface area contributed by atoms with Gasteiger partial charge in [-0.15, -0.1) is 0 Å². The predicted octanol–water partition coefficient (Wildman–Crippen LogP) is 3.57. The lowest BCUT2D eigenvalue weighted by Crippen LogP contribution is -2.21. The van der Waals surface area contributed by atoms with Crippen LogP contribution in [0.15, 0.2) is 48.7 Å². The molecule has 1 aliphatic heterocycles. The molecule has 0 saturated heterocycles. The predicted molar refractivity (Wildman–Crippen MR) is 120 cm³/mol. The normalized spacial score (nSPS) is 18.0. The van der Waals surface area contributed by atoms with Crippen LogP contribution in [0.5, 0.6) is 5.75 Å². The molecule has 4 aromatic rings. The molecule has 2 aromatic heterocycles. The Hall–Kier alpha value is -3.45. The Kier molecular flexibility index (Phi) is 4.35. The third-order valence-corrected chi connectivity index (χ3v) is 6.06. The average Bonchev–Trinajstić information content (AvgIpc) is 3.53. The first-order valence-corrected chi connectivity index (χ1v) is 10.8. The van der Waals surface area contributed by atoms with Crippen LogP contribution < -0.4 is 15.8 Å². The second-order valence-electron chi connectivity index (χ2n) is 8.46. The number of fused-ring (bicyclic) bond motifs is 2. The SMILES string of the molecule is Nc1nccc(-c2ccc3nc(C4COc5ccc(CNC6CC6)cc5C4)[nH]c3c2)n1. The van der Waals surface area contributed by atoms with Gasteiger partial charge >= 0.3 is 0 Å². The molecule has 2 aliphatic rings. The molecule has 1 unspecified atom stereocenters. The van der Waals surface area contributed by atoms with E-state index in [1.54, 1.807) is 6.20 Å². The Morgan fingerprint density at radius 2 is 2.03 bits per heavy atom. The van der Waals surface area contributed by atoms with Crippen molar-refractivity contribution in [1.82, 2.24) is 25.3 Å². The molecule has 156 valence electrons. The van der Waals surface area contributed by atoms with Crippen molar-refractivity contribution in [2.75, 3.05) is 12.3 Å². The number of anilines is 1. The fraction of sp³-hybridized carbons (Fsp3) is 0.292. The summed E-state index contributed by atoms with van der Waals surface area (Å²) in [5, 5.41) is 3.59. The molecular weight excluding hydrogens is 388 g/mol. The summed E-state index contributed by atoms with van der Waals surface area (Å²) in [6.07, 6.45) is 5.19. The van der Waals surface area contributed by atoms with Crippen molar-refractivity contribution in [3.63, 3.8) is 0 Å². The lowest BCUT2D eigenvalue weighted by atomic mass is 9.95. The number of nitrogens with one attached hydrogen (secondary N) is 2. The number of hydrogen-bond donors (Lipinski definition) is 3. The molecule has 7 nitrogen and oxygen atoms in total. The number of aromatic nitrogens is 4. The fourth-order valence-electron chi connectivity index (χ4n) is 4.20. The maximum atomic E-state index is 6.07. The van der Waals surface area contributed by atoms with Gasteiger partial charge in [0.1, 0.15) is 11.6 Å². The van der Waals surface area contributed by atoms with Gasteiger partial charge in [0.15, 0.2) is 0 Å². The molecule has 1 saturated carbocycles. The largest absolute Gasteiger partial charge is 0.493 e. The second-order valence-corrected chi connectivity index (χ2v) is 8.46. The molecule has 0 amide bonds. The highest BCUT2D eigenvalue weighted by atomic mass is 16.5. The van der Waals surface area contributed by atoms with Gasteiger partial charge in [0.05, 0.1) is 29.3 Å². The quantitative estimate of drug-likeness (QED) is 0.463. The van der Waals surface area contributed by atoms with Crippen LogP contribution in [0.2, 0.25) is 0 Å². The van der Waals surface area contributed by atoms with E-state index in [-0.39, 0.29) is 11.9 Å². The zero-order chi connectivity index (χ0) is 20.8. The third-order valence-electron chi connectivity index (χ3n) is 6.06. The number of aromatic amines is 1. The molecule has 3 heterocycles. The van der Waals surface area contributed by atoms with Crippen molar-refractivity contribution in [1.29, 1.82) is 0 Å². The van der Waals surface area contributed by atoms with Gasteiger partial charge in [0.25, 0.3) is 0 Å². The summed E-state index contributed by atoms with van der Waals surface area (Å²) < 4.78 is 6.07. The summed E-state index contributed by atoms with van der Waals surface area (Å²) >= 11 is 0. The Morgan fingerprint density at radius 1 is 1.10 bits per heavy atom. The minimum atomic E-state index is 0.199. The second kappa shape index (κ2) is 7.35. The van der Waals surface area contributed by atoms with Gasteiger partial charge in [-0.25, -0.2) is 15.0 Å². The molecule has 6 rings (SSSR count). The molecule has 31 heavy (non-hydrogen) atoms. The molecule has 2 aromatic carbocycles. The molecule has 0 radical (unpaired) electrons. The van der Waals surface area contributed by atoms with Gasteiger partial charge in [0, 0.05) is 24.3 Å². The van der Waals surface area contributed by atoms with Crippen LogP contribution in [-0.4, -0.2) is 32.6 Å². The number of benzene rings is 2. The first-order valence-electron chi connectivity index (χ1n) is 10.8. The lowest BCUT2D eigenvalue weighted by Gasteiger charge is -2.24. The molecule has 1 atom stereocenters. The summed E-state index contributed by atoms with van der Waals surface area (Å²) in [7, 11) is 0. The van der Waals surface area contributed by atoms with Crippen LogP contribution in [0, 0.1) is 0 Å². The summed E-state index contributed by atoms with van der Waals surface area (Å²) in [6.45, 7) is 1.55. The van der Waals surface area contributed by atoms with E-state index in [0.717, 1.165) is 46.8 Å². The minimum absolute atomic E-state index is 0.199. The Morgan fingerprint density at radius 3 is 2.90 bits per heavy atom. The Balaban J connectivity index is 1.25.